The number of H-pyrrole nitrogens is 1. The van der Waals surface area contributed by atoms with Crippen LogP contribution in [0, 0.1) is 5.92 Å². The van der Waals surface area contributed by atoms with Gasteiger partial charge in [0.1, 0.15) is 18.4 Å². The van der Waals surface area contributed by atoms with Crippen molar-refractivity contribution in [3.8, 4) is 5.75 Å². The predicted octanol–water partition coefficient (Wildman–Crippen LogP) is 3.98. The lowest BCUT2D eigenvalue weighted by molar-refractivity contribution is -0.137. The molecule has 2 aromatic heterocycles. The molecule has 18 heteroatoms. The molecule has 9 heterocycles. The summed E-state index contributed by atoms with van der Waals surface area (Å²) < 4.78 is 40.9. The van der Waals surface area contributed by atoms with Crippen molar-refractivity contribution in [2.24, 2.45) is 5.92 Å². The van der Waals surface area contributed by atoms with Gasteiger partial charge in [-0.25, -0.2) is 18.7 Å². The van der Waals surface area contributed by atoms with Crippen LogP contribution in [0.15, 0.2) is 48.8 Å². The number of aromatic amines is 1. The SMILES string of the molecule is C[C@H]1Cc2c([nH]c3ccccc23)[C@H](c2cnc(N3CCC4(CC3)C[C@@H](CN3CCN5c6ccc7c(c6OC[C@@H]5C3)CN([C@@H]3CCC(=O)NC3=O)C7=O)CO4)nc2)N1CC(F)F.O=CO. The molecule has 1 spiro atoms. The summed E-state index contributed by atoms with van der Waals surface area (Å²) in [6, 6.07) is 11.1. The van der Waals surface area contributed by atoms with E-state index < -0.39 is 18.4 Å². The van der Waals surface area contributed by atoms with Gasteiger partial charge < -0.3 is 34.3 Å². The Morgan fingerprint density at radius 3 is 2.55 bits per heavy atom. The van der Waals surface area contributed by atoms with Gasteiger partial charge in [-0.2, -0.15) is 0 Å². The van der Waals surface area contributed by atoms with Gasteiger partial charge in [0.2, 0.25) is 17.8 Å². The highest BCUT2D eigenvalue weighted by atomic mass is 19.3. The first kappa shape index (κ1) is 42.2. The Bertz CT molecular complexity index is 2440. The van der Waals surface area contributed by atoms with Crippen molar-refractivity contribution in [1.29, 1.82) is 0 Å². The van der Waals surface area contributed by atoms with Gasteiger partial charge >= 0.3 is 0 Å². The van der Waals surface area contributed by atoms with Gasteiger partial charge in [-0.1, -0.05) is 18.2 Å². The summed E-state index contributed by atoms with van der Waals surface area (Å²) in [5, 5.41) is 10.4. The fourth-order valence-corrected chi connectivity index (χ4v) is 11.5. The maximum absolute atomic E-state index is 13.9. The van der Waals surface area contributed by atoms with Crippen LogP contribution >= 0.6 is 0 Å². The van der Waals surface area contributed by atoms with Crippen LogP contribution < -0.4 is 19.9 Å². The first-order valence-electron chi connectivity index (χ1n) is 22.4. The highest BCUT2D eigenvalue weighted by molar-refractivity contribution is 6.06. The third-order valence-corrected chi connectivity index (χ3v) is 14.5. The predicted molar refractivity (Wildman–Crippen MR) is 231 cm³/mol. The summed E-state index contributed by atoms with van der Waals surface area (Å²) in [6.45, 7) is 8.20. The van der Waals surface area contributed by atoms with E-state index in [0.717, 1.165) is 104 Å². The van der Waals surface area contributed by atoms with E-state index in [9.17, 15) is 23.2 Å². The normalized spacial score (nSPS) is 26.5. The van der Waals surface area contributed by atoms with Crippen molar-refractivity contribution in [2.45, 2.75) is 88.2 Å². The molecule has 4 aromatic rings. The standard InChI is InChI=1S/C45H51F2N9O5.CH2O2/c1-26-16-32-30-4-2-3-5-34(30)50-39(32)40(55(26)23-37(46)47)28-18-48-44(49-19-28)53-12-10-45(11-13-53)17-27(24-61-45)20-52-14-15-54-29(21-52)25-60-41-33-22-56(36-8-9-38(57)51-42(36)58)43(59)31(33)6-7-35(41)54;2-1-3/h2-7,18-19,26-27,29,36-37,40,50H,8-17,20-25H2,1H3,(H,51,57,58);1H,(H,2,3)/t26-,27-,29-,36+,40-;/m0./s1. The molecule has 4 saturated heterocycles. The van der Waals surface area contributed by atoms with Gasteiger partial charge in [0.05, 0.1) is 43.1 Å². The molecule has 7 aliphatic rings. The number of aromatic nitrogens is 3. The average molecular weight is 882 g/mol. The number of para-hydroxylation sites is 1. The van der Waals surface area contributed by atoms with Crippen LogP contribution in [0.2, 0.25) is 0 Å². The van der Waals surface area contributed by atoms with Gasteiger partial charge in [0, 0.05) is 97.4 Å². The number of benzene rings is 2. The third-order valence-electron chi connectivity index (χ3n) is 14.5. The zero-order valence-corrected chi connectivity index (χ0v) is 35.8. The molecular formula is C46H53F2N9O7. The fraction of sp³-hybridized carbons (Fsp3) is 0.522. The summed E-state index contributed by atoms with van der Waals surface area (Å²) in [5.41, 5.74) is 6.20. The second kappa shape index (κ2) is 17.0. The molecule has 3 amide bonds. The number of piperazine rings is 1. The lowest BCUT2D eigenvalue weighted by atomic mass is 9.85. The smallest absolute Gasteiger partial charge is 0.290 e. The molecule has 0 aliphatic carbocycles. The topological polar surface area (TPSA) is 177 Å². The van der Waals surface area contributed by atoms with Crippen molar-refractivity contribution in [2.75, 3.05) is 68.8 Å². The number of nitrogens with zero attached hydrogens (tertiary/aromatic N) is 7. The largest absolute Gasteiger partial charge is 0.489 e. The molecule has 5 atom stereocenters. The molecule has 0 bridgehead atoms. The molecule has 2 aromatic carbocycles. The van der Waals surface area contributed by atoms with Gasteiger partial charge in [-0.05, 0) is 68.7 Å². The number of carbonyl (C=O) groups excluding carboxylic acids is 3. The van der Waals surface area contributed by atoms with Crippen LogP contribution in [0.3, 0.4) is 0 Å². The number of hydrogen-bond acceptors (Lipinski definition) is 12. The minimum absolute atomic E-state index is 0.0690. The number of halogens is 2. The van der Waals surface area contributed by atoms with E-state index in [1.54, 1.807) is 4.90 Å². The van der Waals surface area contributed by atoms with Gasteiger partial charge in [0.15, 0.2) is 0 Å². The summed E-state index contributed by atoms with van der Waals surface area (Å²) >= 11 is 0. The Kier molecular flexibility index (Phi) is 11.2. The fourth-order valence-electron chi connectivity index (χ4n) is 11.5. The van der Waals surface area contributed by atoms with Crippen molar-refractivity contribution in [3.63, 3.8) is 0 Å². The van der Waals surface area contributed by atoms with Crippen LogP contribution in [-0.2, 0) is 32.1 Å². The average Bonchev–Trinajstić information content (AvgIpc) is 3.97. The van der Waals surface area contributed by atoms with Gasteiger partial charge in [0.25, 0.3) is 18.8 Å². The Morgan fingerprint density at radius 2 is 1.78 bits per heavy atom. The molecule has 0 radical (unpaired) electrons. The van der Waals surface area contributed by atoms with Crippen LogP contribution in [0.4, 0.5) is 20.4 Å². The van der Waals surface area contributed by atoms with E-state index >= 15 is 0 Å². The van der Waals surface area contributed by atoms with E-state index in [-0.39, 0.29) is 55.0 Å². The summed E-state index contributed by atoms with van der Waals surface area (Å²) in [4.78, 5) is 70.0. The minimum Gasteiger partial charge on any atom is -0.489 e. The number of piperidine rings is 2. The van der Waals surface area contributed by atoms with Crippen molar-refractivity contribution >= 4 is 46.7 Å². The van der Waals surface area contributed by atoms with E-state index in [2.05, 4.69) is 31.1 Å². The number of imide groups is 1. The second-order valence-electron chi connectivity index (χ2n) is 18.3. The van der Waals surface area contributed by atoms with Crippen LogP contribution in [0.5, 0.6) is 5.75 Å². The molecule has 11 rings (SSSR count). The number of ether oxygens (including phenoxy) is 2. The van der Waals surface area contributed by atoms with E-state index in [0.29, 0.717) is 43.4 Å². The minimum atomic E-state index is -2.45. The number of alkyl halides is 2. The maximum atomic E-state index is 13.9. The second-order valence-corrected chi connectivity index (χ2v) is 18.3. The lowest BCUT2D eigenvalue weighted by Crippen LogP contribution is -2.58. The molecule has 0 unspecified atom stereocenters. The molecule has 7 aliphatic heterocycles. The number of anilines is 2. The lowest BCUT2D eigenvalue weighted by Gasteiger charge is -2.46. The van der Waals surface area contributed by atoms with E-state index in [4.69, 9.17) is 29.3 Å². The Balaban J connectivity index is 0.00000157. The summed E-state index contributed by atoms with van der Waals surface area (Å²) in [7, 11) is 0. The Labute approximate surface area is 368 Å². The van der Waals surface area contributed by atoms with Crippen LogP contribution in [-0.4, -0.2) is 148 Å². The summed E-state index contributed by atoms with van der Waals surface area (Å²) in [6.07, 6.45) is 5.25. The number of carboxylic acid groups (broad SMARTS) is 1. The van der Waals surface area contributed by atoms with Crippen LogP contribution in [0.25, 0.3) is 10.9 Å². The first-order valence-corrected chi connectivity index (χ1v) is 22.4. The summed E-state index contributed by atoms with van der Waals surface area (Å²) in [5.74, 6) is 0.930. The maximum Gasteiger partial charge on any atom is 0.290 e. The number of amides is 3. The number of rotatable bonds is 7. The van der Waals surface area contributed by atoms with E-state index in [1.807, 2.05) is 54.5 Å². The number of fused-ring (bicyclic) bond motifs is 8. The van der Waals surface area contributed by atoms with Crippen LogP contribution in [0.1, 0.15) is 77.8 Å². The number of carbonyl (C=O) groups is 4. The molecular weight excluding hydrogens is 829 g/mol. The number of nitrogens with one attached hydrogen (secondary N) is 2. The zero-order valence-electron chi connectivity index (χ0n) is 35.8. The molecule has 64 heavy (non-hydrogen) atoms. The monoisotopic (exact) mass is 881 g/mol. The van der Waals surface area contributed by atoms with Gasteiger partial charge in [-0.3, -0.25) is 34.3 Å². The number of hydrogen-bond donors (Lipinski definition) is 3. The molecule has 16 nitrogen and oxygen atoms in total. The Morgan fingerprint density at radius 1 is 1.00 bits per heavy atom. The van der Waals surface area contributed by atoms with E-state index in [1.165, 1.54) is 5.56 Å². The van der Waals surface area contributed by atoms with Crippen molar-refractivity contribution < 1.29 is 42.5 Å². The zero-order chi connectivity index (χ0) is 44.3. The van der Waals surface area contributed by atoms with Gasteiger partial charge in [-0.15, -0.1) is 0 Å². The Hall–Kier alpha value is -5.72. The van der Waals surface area contributed by atoms with Crippen molar-refractivity contribution in [1.82, 2.24) is 35.0 Å². The molecule has 0 saturated carbocycles. The van der Waals surface area contributed by atoms with Crippen molar-refractivity contribution in [3.05, 3.63) is 76.7 Å². The first-order chi connectivity index (χ1) is 31.0. The molecule has 3 N–H and O–H groups in total. The highest BCUT2D eigenvalue weighted by Crippen LogP contribution is 2.45. The highest BCUT2D eigenvalue weighted by Gasteiger charge is 2.46. The molecule has 4 fully saturated rings. The quantitative estimate of drug-likeness (QED) is 0.180. The third kappa shape index (κ3) is 7.62. The molecule has 338 valence electrons.